The van der Waals surface area contributed by atoms with E-state index in [-0.39, 0.29) is 29.2 Å². The van der Waals surface area contributed by atoms with Gasteiger partial charge in [0.2, 0.25) is 11.8 Å². The molecule has 5 heterocycles. The van der Waals surface area contributed by atoms with Gasteiger partial charge < -0.3 is 24.9 Å². The molecule has 5 fully saturated rings. The van der Waals surface area contributed by atoms with Crippen LogP contribution in [0.4, 0.5) is 17.1 Å². The Kier molecular flexibility index (Phi) is 11.3. The van der Waals surface area contributed by atoms with Gasteiger partial charge in [0.15, 0.2) is 0 Å². The molecule has 0 unspecified atom stereocenters. The summed E-state index contributed by atoms with van der Waals surface area (Å²) in [5.41, 5.74) is 6.14. The van der Waals surface area contributed by atoms with E-state index in [0.29, 0.717) is 41.3 Å². The smallest absolute Gasteiger partial charge is 0.253 e. The predicted octanol–water partition coefficient (Wildman–Crippen LogP) is 7.05. The molecule has 294 valence electrons. The highest BCUT2D eigenvalue weighted by atomic mass is 35.5. The number of halogens is 1. The fourth-order valence-electron chi connectivity index (χ4n) is 10.1. The van der Waals surface area contributed by atoms with E-state index in [0.717, 1.165) is 114 Å². The molecule has 2 N–H and O–H groups in total. The summed E-state index contributed by atoms with van der Waals surface area (Å²) in [7, 11) is 0. The van der Waals surface area contributed by atoms with Gasteiger partial charge in [-0.05, 0) is 149 Å². The number of carbonyl (C=O) groups is 3. The summed E-state index contributed by atoms with van der Waals surface area (Å²) in [6.07, 6.45) is 8.69. The molecule has 0 aromatic heterocycles. The van der Waals surface area contributed by atoms with E-state index in [9.17, 15) is 19.6 Å². The number of amides is 3. The first-order chi connectivity index (χ1) is 27.1. The number of nitrogens with one attached hydrogen (secondary N) is 2. The van der Waals surface area contributed by atoms with E-state index in [1.807, 2.05) is 30.3 Å². The molecule has 0 bridgehead atoms. The minimum atomic E-state index is -0.364. The lowest BCUT2D eigenvalue weighted by Crippen LogP contribution is -2.47. The molecule has 1 spiro atoms. The van der Waals surface area contributed by atoms with Crippen LogP contribution in [-0.2, 0) is 9.59 Å². The van der Waals surface area contributed by atoms with E-state index in [2.05, 4.69) is 79.6 Å². The number of hydrogen-bond donors (Lipinski definition) is 2. The van der Waals surface area contributed by atoms with Crippen molar-refractivity contribution in [2.45, 2.75) is 82.7 Å². The number of hydrogen-bond acceptors (Lipinski definition) is 8. The van der Waals surface area contributed by atoms with Crippen LogP contribution in [0.3, 0.4) is 0 Å². The molecule has 2 atom stereocenters. The lowest BCUT2D eigenvalue weighted by Gasteiger charge is -2.40. The fourth-order valence-corrected chi connectivity index (χ4v) is 10.3. The van der Waals surface area contributed by atoms with Crippen LogP contribution in [0.2, 0.25) is 5.02 Å². The van der Waals surface area contributed by atoms with Gasteiger partial charge in [0.05, 0.1) is 10.6 Å². The number of nitrogens with zero attached hydrogens (tertiary/aromatic N) is 5. The average molecular weight is 776 g/mol. The Hall–Kier alpha value is -4.59. The maximum Gasteiger partial charge on any atom is 0.253 e. The molecule has 3 amide bonds. The molecular weight excluding hydrogens is 722 g/mol. The van der Waals surface area contributed by atoms with Crippen LogP contribution >= 0.6 is 11.6 Å². The molecule has 3 aromatic rings. The summed E-state index contributed by atoms with van der Waals surface area (Å²) >= 11 is 6.38. The molecule has 11 heteroatoms. The molecule has 0 aliphatic carbocycles. The van der Waals surface area contributed by atoms with Gasteiger partial charge in [-0.25, -0.2) is 0 Å². The second-order valence-corrected chi connectivity index (χ2v) is 17.5. The van der Waals surface area contributed by atoms with Gasteiger partial charge in [0.25, 0.3) is 5.91 Å². The van der Waals surface area contributed by atoms with Gasteiger partial charge in [-0.2, -0.15) is 5.26 Å². The minimum absolute atomic E-state index is 0.148. The molecule has 0 radical (unpaired) electrons. The molecule has 56 heavy (non-hydrogen) atoms. The molecule has 5 aliphatic heterocycles. The maximum absolute atomic E-state index is 13.5. The third kappa shape index (κ3) is 8.40. The Bertz CT molecular complexity index is 1940. The molecule has 5 saturated heterocycles. The van der Waals surface area contributed by atoms with Gasteiger partial charge in [-0.15, -0.1) is 0 Å². The minimum Gasteiger partial charge on any atom is -0.374 e. The van der Waals surface area contributed by atoms with Gasteiger partial charge in [-0.1, -0.05) is 23.7 Å². The first kappa shape index (κ1) is 38.3. The van der Waals surface area contributed by atoms with Crippen molar-refractivity contribution in [1.82, 2.24) is 15.1 Å². The van der Waals surface area contributed by atoms with E-state index in [1.54, 1.807) is 0 Å². The Balaban J connectivity index is 0.752. The number of nitriles is 1. The van der Waals surface area contributed by atoms with Crippen molar-refractivity contribution in [3.05, 3.63) is 88.4 Å². The van der Waals surface area contributed by atoms with Crippen molar-refractivity contribution < 1.29 is 14.4 Å². The largest absolute Gasteiger partial charge is 0.374 e. The van der Waals surface area contributed by atoms with Gasteiger partial charge in [0, 0.05) is 74.4 Å². The van der Waals surface area contributed by atoms with Crippen LogP contribution in [0.5, 0.6) is 0 Å². The van der Waals surface area contributed by atoms with E-state index in [1.165, 1.54) is 11.3 Å². The van der Waals surface area contributed by atoms with E-state index < -0.39 is 0 Å². The fraction of sp³-hybridized carbons (Fsp3) is 0.511. The number of likely N-dealkylation sites (tertiary alicyclic amines) is 2. The summed E-state index contributed by atoms with van der Waals surface area (Å²) in [4.78, 5) is 46.7. The quantitative estimate of drug-likeness (QED) is 0.235. The van der Waals surface area contributed by atoms with Crippen molar-refractivity contribution in [3.8, 4) is 6.07 Å². The topological polar surface area (TPSA) is 112 Å². The third-order valence-electron chi connectivity index (χ3n) is 13.4. The van der Waals surface area contributed by atoms with Crippen molar-refractivity contribution in [2.24, 2.45) is 11.3 Å². The van der Waals surface area contributed by atoms with Crippen LogP contribution in [0.15, 0.2) is 66.7 Å². The van der Waals surface area contributed by atoms with Crippen molar-refractivity contribution in [2.75, 3.05) is 67.5 Å². The lowest BCUT2D eigenvalue weighted by molar-refractivity contribution is -0.133. The molecule has 10 nitrogen and oxygen atoms in total. The van der Waals surface area contributed by atoms with Gasteiger partial charge in [-0.3, -0.25) is 19.7 Å². The van der Waals surface area contributed by atoms with Crippen molar-refractivity contribution in [3.63, 3.8) is 0 Å². The monoisotopic (exact) mass is 775 g/mol. The summed E-state index contributed by atoms with van der Waals surface area (Å²) in [5.74, 6) is 0.864. The Morgan fingerprint density at radius 2 is 1.59 bits per heavy atom. The summed E-state index contributed by atoms with van der Waals surface area (Å²) in [5, 5.41) is 15.5. The standard InChI is InChI=1S/C45H54ClN7O3/c1-31-27-45(30-53(31)39-11-6-36(28-47)40(46)26-39)18-24-51(25-19-45)38-9-4-35(5-10-38)44(56)52-22-14-32(15-23-52)29-50-20-16-34(17-21-50)33-2-7-37(8-3-33)48-41-12-13-42(54)49-43(41)55/h2-11,26,31-32,34,41,48H,12-25,27,29-30H2,1H3,(H,49,54,55)/t31-,41+/m0/s1. The average Bonchev–Trinajstić information content (AvgIpc) is 3.54. The maximum atomic E-state index is 13.5. The molecule has 8 rings (SSSR count). The number of piperidine rings is 4. The Morgan fingerprint density at radius 1 is 0.893 bits per heavy atom. The number of benzene rings is 3. The van der Waals surface area contributed by atoms with Gasteiger partial charge >= 0.3 is 0 Å². The normalized spacial score (nSPS) is 23.6. The highest BCUT2D eigenvalue weighted by Crippen LogP contribution is 2.46. The molecular formula is C45H54ClN7O3. The number of imide groups is 1. The van der Waals surface area contributed by atoms with E-state index >= 15 is 0 Å². The highest BCUT2D eigenvalue weighted by Gasteiger charge is 2.44. The van der Waals surface area contributed by atoms with Crippen molar-refractivity contribution >= 4 is 46.4 Å². The first-order valence-electron chi connectivity index (χ1n) is 20.7. The third-order valence-corrected chi connectivity index (χ3v) is 13.8. The molecule has 0 saturated carbocycles. The van der Waals surface area contributed by atoms with Crippen molar-refractivity contribution in [1.29, 1.82) is 5.26 Å². The van der Waals surface area contributed by atoms with E-state index in [4.69, 9.17) is 11.6 Å². The summed E-state index contributed by atoms with van der Waals surface area (Å²) in [6, 6.07) is 24.8. The van der Waals surface area contributed by atoms with Crippen LogP contribution in [0.25, 0.3) is 0 Å². The zero-order chi connectivity index (χ0) is 38.8. The Morgan fingerprint density at radius 3 is 2.25 bits per heavy atom. The zero-order valence-corrected chi connectivity index (χ0v) is 33.3. The lowest BCUT2D eigenvalue weighted by atomic mass is 9.76. The number of anilines is 3. The second kappa shape index (κ2) is 16.5. The highest BCUT2D eigenvalue weighted by molar-refractivity contribution is 6.32. The van der Waals surface area contributed by atoms with Crippen LogP contribution in [0, 0.1) is 22.7 Å². The van der Waals surface area contributed by atoms with Crippen LogP contribution < -0.4 is 20.4 Å². The Labute approximate surface area is 336 Å². The van der Waals surface area contributed by atoms with Crippen LogP contribution in [-0.4, -0.2) is 92.0 Å². The molecule has 5 aliphatic rings. The predicted molar refractivity (Wildman–Crippen MR) is 221 cm³/mol. The summed E-state index contributed by atoms with van der Waals surface area (Å²) < 4.78 is 0. The number of rotatable bonds is 8. The van der Waals surface area contributed by atoms with Crippen LogP contribution in [0.1, 0.15) is 92.1 Å². The first-order valence-corrected chi connectivity index (χ1v) is 21.1. The molecule has 3 aromatic carbocycles. The second-order valence-electron chi connectivity index (χ2n) is 17.1. The summed E-state index contributed by atoms with van der Waals surface area (Å²) in [6.45, 7) is 10.3. The SMILES string of the molecule is C[C@H]1CC2(CCN(c3ccc(C(=O)N4CCC(CN5CCC(c6ccc(N[C@@H]7CCC(=O)NC7=O)cc6)CC5)CC4)cc3)CC2)CN1c1ccc(C#N)c(Cl)c1. The zero-order valence-electron chi connectivity index (χ0n) is 32.5. The number of carbonyl (C=O) groups excluding carboxylic acids is 3. The van der Waals surface area contributed by atoms with Gasteiger partial charge in [0.1, 0.15) is 12.1 Å².